The van der Waals surface area contributed by atoms with Gasteiger partial charge in [-0.05, 0) is 127 Å². The summed E-state index contributed by atoms with van der Waals surface area (Å²) in [4.78, 5) is -0.0359. The minimum Gasteiger partial charge on any atom is -0.455 e. The molecule has 0 fully saturated rings. The van der Waals surface area contributed by atoms with E-state index in [2.05, 4.69) is 0 Å². The second kappa shape index (κ2) is 12.7. The van der Waals surface area contributed by atoms with Crippen LogP contribution in [0.3, 0.4) is 0 Å². The van der Waals surface area contributed by atoms with E-state index in [1.54, 1.807) is 0 Å². The fraction of sp³-hybridized carbons (Fsp3) is 0.103. The maximum atomic E-state index is 10.2. The van der Waals surface area contributed by atoms with Crippen molar-refractivity contribution in [2.75, 3.05) is 4.90 Å². The van der Waals surface area contributed by atoms with Crippen LogP contribution in [0.25, 0.3) is 77.2 Å². The van der Waals surface area contributed by atoms with Gasteiger partial charge < -0.3 is 9.32 Å². The van der Waals surface area contributed by atoms with E-state index in [4.69, 9.17) is 44.2 Å². The lowest BCUT2D eigenvalue weighted by atomic mass is 9.82. The molecule has 0 saturated carbocycles. The van der Waals surface area contributed by atoms with E-state index >= 15 is 0 Å². The van der Waals surface area contributed by atoms with Gasteiger partial charge >= 0.3 is 0 Å². The first-order chi connectivity index (χ1) is 47.2. The van der Waals surface area contributed by atoms with E-state index in [-0.39, 0.29) is 4.90 Å². The van der Waals surface area contributed by atoms with E-state index in [1.807, 2.05) is 0 Å². The zero-order chi connectivity index (χ0) is 77.3. The Morgan fingerprint density at radius 3 is 1.55 bits per heavy atom. The quantitative estimate of drug-likeness (QED) is 0.172. The Kier molecular flexibility index (Phi) is 2.63. The number of fused-ring (bicyclic) bond motifs is 11. The van der Waals surface area contributed by atoms with Crippen LogP contribution in [0.2, 0.25) is 0 Å². The van der Waals surface area contributed by atoms with Crippen LogP contribution in [0.15, 0.2) is 192 Å². The molecule has 0 saturated heterocycles. The molecule has 1 aromatic heterocycles. The highest BCUT2D eigenvalue weighted by Crippen LogP contribution is 2.53. The molecule has 60 heavy (non-hydrogen) atoms. The van der Waals surface area contributed by atoms with Gasteiger partial charge in [-0.1, -0.05) is 160 Å². The summed E-state index contributed by atoms with van der Waals surface area (Å²) in [6, 6.07) is -39.3. The number of rotatable bonds is 5. The molecule has 1 heterocycles. The molecule has 0 spiro atoms. The summed E-state index contributed by atoms with van der Waals surface area (Å²) >= 11 is 0. The van der Waals surface area contributed by atoms with Crippen molar-refractivity contribution in [2.45, 2.75) is 38.2 Å². The number of nitrogens with zero attached hydrogens (tertiary/aromatic N) is 1. The lowest BCUT2D eigenvalue weighted by molar-refractivity contribution is 0.660. The van der Waals surface area contributed by atoms with Gasteiger partial charge in [-0.25, -0.2) is 0 Å². The Bertz CT molecular complexity index is 5390. The van der Waals surface area contributed by atoms with E-state index in [1.165, 1.54) is 0 Å². The first kappa shape index (κ1) is 12.4. The molecule has 9 aromatic carbocycles. The van der Waals surface area contributed by atoms with E-state index < -0.39 is 342 Å². The summed E-state index contributed by atoms with van der Waals surface area (Å²) in [6.07, 6.45) is 0. The van der Waals surface area contributed by atoms with Crippen molar-refractivity contribution in [2.24, 2.45) is 0 Å². The molecule has 0 amide bonds. The Morgan fingerprint density at radius 1 is 0.383 bits per heavy atom. The lowest BCUT2D eigenvalue weighted by Crippen LogP contribution is -2.18. The van der Waals surface area contributed by atoms with Crippen molar-refractivity contribution in [3.8, 4) is 44.5 Å². The molecular formula is C58H43NO. The standard InChI is InChI=1S/C58H43NO/c1-57(2)51-20-12-10-17-43(51)45-29-27-40(33-53(45)57)59(41-28-30-46-44-18-11-13-21-52(44)58(3,4)54(46)34-41)39-25-22-36(23-26-39)38-24-31-55-49(32-38)50-35-48(37-14-6-5-7-15-37)42-16-8-9-19-47(42)56(50)60-55/h5-35H,1-4H3/i1D3,2D3,3D3,4D3,5D,6D,7D,8D,9D,10D,11D,12D,13D,14D,15D,16D,17D,18D,19D,20D,21D,22D,23D,24D,25D,26D,27D,28D,29D,30D,31D,32D,33D,34D,35D. The van der Waals surface area contributed by atoms with Crippen LogP contribution in [0.1, 0.15) is 109 Å². The zero-order valence-electron chi connectivity index (χ0n) is 72.9. The molecule has 2 aliphatic rings. The monoisotopic (exact) mass is 813 g/mol. The van der Waals surface area contributed by atoms with Gasteiger partial charge in [-0.2, -0.15) is 0 Å². The first-order valence-corrected chi connectivity index (χ1v) is 17.6. The third-order valence-corrected chi connectivity index (χ3v) is 10.1. The van der Waals surface area contributed by atoms with Crippen molar-refractivity contribution in [1.29, 1.82) is 0 Å². The van der Waals surface area contributed by atoms with Gasteiger partial charge in [0.25, 0.3) is 0 Å². The highest BCUT2D eigenvalue weighted by molar-refractivity contribution is 6.19. The fourth-order valence-corrected chi connectivity index (χ4v) is 7.40. The molecule has 0 unspecified atom stereocenters. The predicted molar refractivity (Wildman–Crippen MR) is 252 cm³/mol. The lowest BCUT2D eigenvalue weighted by Gasteiger charge is -2.30. The van der Waals surface area contributed by atoms with Gasteiger partial charge in [0.2, 0.25) is 0 Å². The topological polar surface area (TPSA) is 16.4 Å². The largest absolute Gasteiger partial charge is 0.455 e. The van der Waals surface area contributed by atoms with Gasteiger partial charge in [0.15, 0.2) is 0 Å². The molecular weight excluding hydrogens is 727 g/mol. The van der Waals surface area contributed by atoms with Gasteiger partial charge in [0, 0.05) is 60.5 Å². The van der Waals surface area contributed by atoms with Crippen molar-refractivity contribution < 1.29 is 63.4 Å². The summed E-state index contributed by atoms with van der Waals surface area (Å²) in [5, 5.41) is -2.89. The van der Waals surface area contributed by atoms with Crippen LogP contribution in [0.5, 0.6) is 0 Å². The summed E-state index contributed by atoms with van der Waals surface area (Å²) in [5.41, 5.74) is -28.3. The Balaban J connectivity index is 1.29. The van der Waals surface area contributed by atoms with Gasteiger partial charge in [0.1, 0.15) is 11.2 Å². The molecule has 0 radical (unpaired) electrons. The summed E-state index contributed by atoms with van der Waals surface area (Å²) in [6.45, 7) is -16.7. The smallest absolute Gasteiger partial charge is 0.143 e. The maximum absolute atomic E-state index is 10.2. The average molecular weight is 813 g/mol. The van der Waals surface area contributed by atoms with E-state index in [9.17, 15) is 19.2 Å². The molecule has 0 N–H and O–H groups in total. The van der Waals surface area contributed by atoms with Crippen LogP contribution < -0.4 is 4.90 Å². The van der Waals surface area contributed by atoms with E-state index in [0.717, 1.165) is 0 Å². The summed E-state index contributed by atoms with van der Waals surface area (Å²) in [7, 11) is 0. The molecule has 0 bridgehead atoms. The number of hydrogen-bond donors (Lipinski definition) is 0. The molecule has 12 rings (SSSR count). The van der Waals surface area contributed by atoms with Crippen LogP contribution in [-0.2, 0) is 10.8 Å². The SMILES string of the molecule is [2H]c1c([2H])c([2H])c(-c2c([2H])c3c(oc4c([2H])c([2H])c(-c5c([2H])c([2H])c(N(c6c([2H])c([2H])c7c(c6[2H])C(C([2H])([2H])[2H])(C([2H])([2H])[2H])c6c([2H])c([2H])c([2H])c([2H])c6-7)c6c([2H])c([2H])c7c(c6[2H])C(C([2H])([2H])[2H])(C([2H])([2H])[2H])c6c([2H])c([2H])c([2H])c([2H])c6-7)c([2H])c5[2H])c([2H])c43)c3c([2H])c([2H])c([2H])c([2H])c23)c([2H])c1[2H]. The highest BCUT2D eigenvalue weighted by atomic mass is 16.3. The second-order valence-electron chi connectivity index (χ2n) is 13.5. The van der Waals surface area contributed by atoms with Crippen molar-refractivity contribution in [3.05, 3.63) is 210 Å². The van der Waals surface area contributed by atoms with Crippen LogP contribution in [-0.4, -0.2) is 0 Å². The Labute approximate surface area is 411 Å². The van der Waals surface area contributed by atoms with Crippen LogP contribution in [0, 0.1) is 0 Å². The Morgan fingerprint density at radius 2 is 0.917 bits per heavy atom. The number of furan rings is 1. The predicted octanol–water partition coefficient (Wildman–Crippen LogP) is 16.2. The molecule has 286 valence electrons. The third kappa shape index (κ3) is 5.01. The number of hydrogen-bond acceptors (Lipinski definition) is 2. The van der Waals surface area contributed by atoms with Gasteiger partial charge in [0.05, 0.1) is 42.5 Å². The number of benzene rings is 9. The third-order valence-electron chi connectivity index (χ3n) is 10.1. The minimum atomic E-state index is -4.18. The molecule has 2 nitrogen and oxygen atoms in total. The van der Waals surface area contributed by atoms with Crippen LogP contribution in [0.4, 0.5) is 17.1 Å². The zero-order valence-corrected chi connectivity index (χ0v) is 29.9. The summed E-state index contributed by atoms with van der Waals surface area (Å²) < 4.78 is 402. The van der Waals surface area contributed by atoms with Crippen molar-refractivity contribution in [3.63, 3.8) is 0 Å². The van der Waals surface area contributed by atoms with Gasteiger partial charge in [-0.15, -0.1) is 0 Å². The Hall–Kier alpha value is -7.16. The minimum absolute atomic E-state index is 0.0359. The van der Waals surface area contributed by atoms with Crippen molar-refractivity contribution in [1.82, 2.24) is 0 Å². The molecule has 2 heteroatoms. The summed E-state index contributed by atoms with van der Waals surface area (Å²) in [5.74, 6) is 0. The average Bonchev–Trinajstić information content (AvgIpc) is 1.51. The van der Waals surface area contributed by atoms with E-state index in [0.29, 0.717) is 0 Å². The molecule has 0 atom stereocenters. The number of anilines is 3. The second-order valence-corrected chi connectivity index (χ2v) is 13.5. The first-order valence-electron chi connectivity index (χ1n) is 39.1. The van der Waals surface area contributed by atoms with Gasteiger partial charge in [-0.3, -0.25) is 0 Å². The molecule has 10 aromatic rings. The molecule has 2 aliphatic carbocycles. The van der Waals surface area contributed by atoms with Crippen molar-refractivity contribution >= 4 is 49.8 Å². The fourth-order valence-electron chi connectivity index (χ4n) is 7.40. The maximum Gasteiger partial charge on any atom is 0.143 e. The molecule has 0 aliphatic heterocycles. The van der Waals surface area contributed by atoms with Crippen LogP contribution >= 0.6 is 0 Å². The normalized spacial score (nSPS) is 25.3. The highest BCUT2D eigenvalue weighted by Gasteiger charge is 2.37.